The highest BCUT2D eigenvalue weighted by Crippen LogP contribution is 2.20. The van der Waals surface area contributed by atoms with Crippen LogP contribution in [0.25, 0.3) is 6.08 Å². The second-order valence-electron chi connectivity index (χ2n) is 5.46. The molecule has 0 aliphatic carbocycles. The topological polar surface area (TPSA) is 62.2 Å². The molecule has 0 aromatic carbocycles. The van der Waals surface area contributed by atoms with Crippen molar-refractivity contribution in [3.8, 4) is 0 Å². The number of nitrogens with zero attached hydrogens (tertiary/aromatic N) is 1. The summed E-state index contributed by atoms with van der Waals surface area (Å²) in [5.74, 6) is -0.137. The molecule has 2 N–H and O–H groups in total. The number of nitrogens with one attached hydrogen (secondary N) is 1. The standard InChI is InChI=1S/C15H21ClN2O2/c1-15(2,11-19)8-3-9-17-14(20)7-5-12-4-6-13(16)18-10-12/h4-7,10,19H,3,8-9,11H2,1-2H3,(H,17,20)/b7-5+. The zero-order chi connectivity index (χ0) is 15.0. The van der Waals surface area contributed by atoms with Gasteiger partial charge < -0.3 is 10.4 Å². The molecule has 4 nitrogen and oxygen atoms in total. The normalized spacial score (nSPS) is 11.8. The molecule has 0 unspecified atom stereocenters. The maximum atomic E-state index is 11.6. The van der Waals surface area contributed by atoms with Crippen molar-refractivity contribution in [2.75, 3.05) is 13.2 Å². The third-order valence-electron chi connectivity index (χ3n) is 2.94. The summed E-state index contributed by atoms with van der Waals surface area (Å²) >= 11 is 5.68. The molecular weight excluding hydrogens is 276 g/mol. The fraction of sp³-hybridized carbons (Fsp3) is 0.467. The van der Waals surface area contributed by atoms with Crippen LogP contribution in [0.2, 0.25) is 5.15 Å². The Morgan fingerprint density at radius 1 is 1.50 bits per heavy atom. The monoisotopic (exact) mass is 296 g/mol. The molecule has 1 rings (SSSR count). The Morgan fingerprint density at radius 3 is 2.85 bits per heavy atom. The van der Waals surface area contributed by atoms with Gasteiger partial charge in [-0.05, 0) is 36.0 Å². The average molecular weight is 297 g/mol. The number of aliphatic hydroxyl groups excluding tert-OH is 1. The van der Waals surface area contributed by atoms with Crippen LogP contribution < -0.4 is 5.32 Å². The first-order chi connectivity index (χ1) is 9.43. The van der Waals surface area contributed by atoms with Crippen LogP contribution >= 0.6 is 11.6 Å². The zero-order valence-electron chi connectivity index (χ0n) is 11.9. The summed E-state index contributed by atoms with van der Waals surface area (Å²) in [5, 5.41) is 12.4. The molecule has 0 aliphatic heterocycles. The highest BCUT2D eigenvalue weighted by atomic mass is 35.5. The van der Waals surface area contributed by atoms with Crippen molar-refractivity contribution in [2.24, 2.45) is 5.41 Å². The summed E-state index contributed by atoms with van der Waals surface area (Å²) < 4.78 is 0. The van der Waals surface area contributed by atoms with Gasteiger partial charge in [0, 0.05) is 25.4 Å². The summed E-state index contributed by atoms with van der Waals surface area (Å²) in [4.78, 5) is 15.5. The van der Waals surface area contributed by atoms with E-state index in [0.717, 1.165) is 18.4 Å². The van der Waals surface area contributed by atoms with E-state index in [4.69, 9.17) is 16.7 Å². The molecule has 0 atom stereocenters. The van der Waals surface area contributed by atoms with Gasteiger partial charge in [-0.25, -0.2) is 4.98 Å². The fourth-order valence-electron chi connectivity index (χ4n) is 1.57. The van der Waals surface area contributed by atoms with Crippen LogP contribution in [0.4, 0.5) is 0 Å². The van der Waals surface area contributed by atoms with Crippen molar-refractivity contribution >= 4 is 23.6 Å². The van der Waals surface area contributed by atoms with E-state index in [9.17, 15) is 4.79 Å². The minimum atomic E-state index is -0.137. The molecule has 0 aliphatic rings. The number of amides is 1. The number of carbonyl (C=O) groups excluding carboxylic acids is 1. The van der Waals surface area contributed by atoms with Gasteiger partial charge in [-0.3, -0.25) is 4.79 Å². The maximum absolute atomic E-state index is 11.6. The van der Waals surface area contributed by atoms with Gasteiger partial charge in [0.1, 0.15) is 5.15 Å². The molecule has 0 spiro atoms. The molecule has 0 saturated heterocycles. The SMILES string of the molecule is CC(C)(CO)CCCNC(=O)/C=C/c1ccc(Cl)nc1. The quantitative estimate of drug-likeness (QED) is 0.462. The Kier molecular flexibility index (Phi) is 6.68. The van der Waals surface area contributed by atoms with Crippen molar-refractivity contribution in [3.63, 3.8) is 0 Å². The lowest BCUT2D eigenvalue weighted by molar-refractivity contribution is -0.116. The van der Waals surface area contributed by atoms with Crippen LogP contribution in [-0.2, 0) is 4.79 Å². The van der Waals surface area contributed by atoms with Gasteiger partial charge in [0.2, 0.25) is 5.91 Å². The zero-order valence-corrected chi connectivity index (χ0v) is 12.7. The summed E-state index contributed by atoms with van der Waals surface area (Å²) in [5.41, 5.74) is 0.737. The van der Waals surface area contributed by atoms with Crippen LogP contribution in [0.5, 0.6) is 0 Å². The second kappa shape index (κ2) is 8.02. The number of hydrogen-bond acceptors (Lipinski definition) is 3. The van der Waals surface area contributed by atoms with E-state index in [2.05, 4.69) is 10.3 Å². The minimum Gasteiger partial charge on any atom is -0.396 e. The molecule has 0 bridgehead atoms. The van der Waals surface area contributed by atoms with Crippen molar-refractivity contribution in [1.29, 1.82) is 0 Å². The molecule has 0 saturated carbocycles. The third-order valence-corrected chi connectivity index (χ3v) is 3.16. The Hall–Kier alpha value is -1.39. The Morgan fingerprint density at radius 2 is 2.25 bits per heavy atom. The van der Waals surface area contributed by atoms with E-state index in [1.165, 1.54) is 6.08 Å². The van der Waals surface area contributed by atoms with Crippen LogP contribution in [0.15, 0.2) is 24.4 Å². The van der Waals surface area contributed by atoms with Gasteiger partial charge in [0.05, 0.1) is 0 Å². The van der Waals surface area contributed by atoms with Gasteiger partial charge in [-0.1, -0.05) is 31.5 Å². The number of rotatable bonds is 7. The molecule has 5 heteroatoms. The molecule has 0 fully saturated rings. The van der Waals surface area contributed by atoms with Crippen molar-refractivity contribution < 1.29 is 9.90 Å². The lowest BCUT2D eigenvalue weighted by Gasteiger charge is -2.20. The van der Waals surface area contributed by atoms with E-state index in [-0.39, 0.29) is 17.9 Å². The fourth-order valence-corrected chi connectivity index (χ4v) is 1.69. The van der Waals surface area contributed by atoms with Crippen LogP contribution in [0, 0.1) is 5.41 Å². The number of pyridine rings is 1. The third kappa shape index (κ3) is 6.68. The van der Waals surface area contributed by atoms with E-state index < -0.39 is 0 Å². The molecule has 1 aromatic heterocycles. The Bertz CT molecular complexity index is 455. The van der Waals surface area contributed by atoms with E-state index in [1.54, 1.807) is 24.4 Å². The van der Waals surface area contributed by atoms with Gasteiger partial charge in [0.25, 0.3) is 0 Å². The van der Waals surface area contributed by atoms with Gasteiger partial charge in [-0.2, -0.15) is 0 Å². The van der Waals surface area contributed by atoms with Gasteiger partial charge in [0.15, 0.2) is 0 Å². The largest absolute Gasteiger partial charge is 0.396 e. The Labute approximate surface area is 124 Å². The van der Waals surface area contributed by atoms with Gasteiger partial charge in [-0.15, -0.1) is 0 Å². The van der Waals surface area contributed by atoms with Crippen LogP contribution in [-0.4, -0.2) is 29.1 Å². The van der Waals surface area contributed by atoms with Gasteiger partial charge >= 0.3 is 0 Å². The van der Waals surface area contributed by atoms with Crippen LogP contribution in [0.1, 0.15) is 32.3 Å². The molecule has 110 valence electrons. The molecule has 20 heavy (non-hydrogen) atoms. The number of carbonyl (C=O) groups is 1. The smallest absolute Gasteiger partial charge is 0.243 e. The highest BCUT2D eigenvalue weighted by Gasteiger charge is 2.15. The van der Waals surface area contributed by atoms with Crippen molar-refractivity contribution in [1.82, 2.24) is 10.3 Å². The first kappa shape index (κ1) is 16.7. The number of halogens is 1. The predicted octanol–water partition coefficient (Wildman–Crippen LogP) is 2.66. The first-order valence-electron chi connectivity index (χ1n) is 6.61. The maximum Gasteiger partial charge on any atom is 0.243 e. The van der Waals surface area contributed by atoms with E-state index >= 15 is 0 Å². The number of aromatic nitrogens is 1. The van der Waals surface area contributed by atoms with Crippen LogP contribution in [0.3, 0.4) is 0 Å². The molecular formula is C15H21ClN2O2. The van der Waals surface area contributed by atoms with Crippen molar-refractivity contribution in [3.05, 3.63) is 35.1 Å². The minimum absolute atomic E-state index is 0.0878. The first-order valence-corrected chi connectivity index (χ1v) is 6.99. The lowest BCUT2D eigenvalue weighted by atomic mass is 9.89. The summed E-state index contributed by atoms with van der Waals surface area (Å²) in [6.45, 7) is 4.76. The van der Waals surface area contributed by atoms with E-state index in [1.807, 2.05) is 13.8 Å². The molecule has 0 radical (unpaired) electrons. The molecule has 1 amide bonds. The summed E-state index contributed by atoms with van der Waals surface area (Å²) in [6.07, 6.45) is 6.48. The summed E-state index contributed by atoms with van der Waals surface area (Å²) in [6, 6.07) is 3.47. The van der Waals surface area contributed by atoms with Crippen molar-refractivity contribution in [2.45, 2.75) is 26.7 Å². The Balaban J connectivity index is 2.28. The summed E-state index contributed by atoms with van der Waals surface area (Å²) in [7, 11) is 0. The number of hydrogen-bond donors (Lipinski definition) is 2. The average Bonchev–Trinajstić information content (AvgIpc) is 2.43. The number of aliphatic hydroxyl groups is 1. The molecule has 1 aromatic rings. The lowest BCUT2D eigenvalue weighted by Crippen LogP contribution is -2.24. The highest BCUT2D eigenvalue weighted by molar-refractivity contribution is 6.29. The predicted molar refractivity (Wildman–Crippen MR) is 81.4 cm³/mol. The second-order valence-corrected chi connectivity index (χ2v) is 5.85. The van der Waals surface area contributed by atoms with E-state index in [0.29, 0.717) is 11.7 Å². The molecule has 1 heterocycles.